The van der Waals surface area contributed by atoms with E-state index in [1.54, 1.807) is 6.92 Å². The summed E-state index contributed by atoms with van der Waals surface area (Å²) in [7, 11) is 0. The summed E-state index contributed by atoms with van der Waals surface area (Å²) >= 11 is 0. The number of nitrogens with one attached hydrogen (secondary N) is 1. The summed E-state index contributed by atoms with van der Waals surface area (Å²) in [6.07, 6.45) is 5.48. The molecule has 0 aromatic heterocycles. The zero-order valence-corrected chi connectivity index (χ0v) is 9.40. The number of rotatable bonds is 4. The molecule has 0 radical (unpaired) electrons. The summed E-state index contributed by atoms with van der Waals surface area (Å²) in [4.78, 5) is 11.5. The van der Waals surface area contributed by atoms with Crippen molar-refractivity contribution in [3.8, 4) is 12.3 Å². The molecule has 0 aromatic rings. The minimum atomic E-state index is -0.995. The molecule has 1 aliphatic rings. The van der Waals surface area contributed by atoms with E-state index in [2.05, 4.69) is 11.2 Å². The number of hydrogen-bond donors (Lipinski definition) is 3. The molecule has 3 atom stereocenters. The third kappa shape index (κ3) is 2.95. The molecule has 16 heavy (non-hydrogen) atoms. The first-order valence-electron chi connectivity index (χ1n) is 5.30. The average molecular weight is 226 g/mol. The maximum absolute atomic E-state index is 11.5. The number of hydrogen-bond acceptors (Lipinski definition) is 4. The van der Waals surface area contributed by atoms with Gasteiger partial charge in [-0.1, -0.05) is 0 Å². The van der Waals surface area contributed by atoms with Crippen molar-refractivity contribution in [2.75, 3.05) is 13.2 Å². The Hall–Kier alpha value is -1.09. The lowest BCUT2D eigenvalue weighted by Crippen LogP contribution is -2.51. The van der Waals surface area contributed by atoms with Crippen molar-refractivity contribution in [1.82, 2.24) is 5.32 Å². The second-order valence-electron chi connectivity index (χ2n) is 4.10. The van der Waals surface area contributed by atoms with Crippen molar-refractivity contribution in [1.29, 1.82) is 0 Å². The molecule has 1 heterocycles. The summed E-state index contributed by atoms with van der Waals surface area (Å²) in [6.45, 7) is 2.43. The van der Waals surface area contributed by atoms with Crippen LogP contribution >= 0.6 is 0 Å². The van der Waals surface area contributed by atoms with Gasteiger partial charge in [0, 0.05) is 26.0 Å². The highest BCUT2D eigenvalue weighted by Gasteiger charge is 2.39. The van der Waals surface area contributed by atoms with Crippen LogP contribution in [-0.4, -0.2) is 41.9 Å². The molecule has 3 unspecified atom stereocenters. The summed E-state index contributed by atoms with van der Waals surface area (Å²) in [5.41, 5.74) is 4.53. The van der Waals surface area contributed by atoms with Gasteiger partial charge in [0.15, 0.2) is 0 Å². The molecular weight excluding hydrogens is 208 g/mol. The van der Waals surface area contributed by atoms with E-state index in [1.807, 2.05) is 0 Å². The van der Waals surface area contributed by atoms with Crippen molar-refractivity contribution in [2.24, 2.45) is 5.73 Å². The predicted molar refractivity (Wildman–Crippen MR) is 59.4 cm³/mol. The maximum atomic E-state index is 11.5. The van der Waals surface area contributed by atoms with Crippen LogP contribution in [0.2, 0.25) is 0 Å². The van der Waals surface area contributed by atoms with E-state index in [0.717, 1.165) is 0 Å². The molecule has 5 nitrogen and oxygen atoms in total. The normalized spacial score (nSPS) is 30.8. The van der Waals surface area contributed by atoms with Crippen LogP contribution in [0.3, 0.4) is 0 Å². The van der Waals surface area contributed by atoms with E-state index >= 15 is 0 Å². The van der Waals surface area contributed by atoms with Crippen molar-refractivity contribution >= 4 is 5.91 Å². The molecule has 0 saturated carbocycles. The zero-order chi connectivity index (χ0) is 12.2. The predicted octanol–water partition coefficient (Wildman–Crippen LogP) is -1.01. The van der Waals surface area contributed by atoms with E-state index in [-0.39, 0.29) is 25.0 Å². The molecule has 0 aromatic carbocycles. The first kappa shape index (κ1) is 13.0. The van der Waals surface area contributed by atoms with Crippen LogP contribution in [0.25, 0.3) is 0 Å². The van der Waals surface area contributed by atoms with E-state index in [0.29, 0.717) is 13.0 Å². The number of terminal acetylenes is 1. The molecule has 1 aliphatic heterocycles. The van der Waals surface area contributed by atoms with Crippen LogP contribution in [0.5, 0.6) is 0 Å². The second kappa shape index (κ2) is 5.30. The quantitative estimate of drug-likeness (QED) is 0.536. The Bertz CT molecular complexity index is 300. The van der Waals surface area contributed by atoms with Crippen molar-refractivity contribution in [3.63, 3.8) is 0 Å². The highest BCUT2D eigenvalue weighted by Crippen LogP contribution is 2.24. The highest BCUT2D eigenvalue weighted by molar-refractivity contribution is 5.81. The number of amides is 1. The molecule has 0 aliphatic carbocycles. The zero-order valence-electron chi connectivity index (χ0n) is 9.40. The first-order chi connectivity index (χ1) is 7.49. The van der Waals surface area contributed by atoms with Crippen LogP contribution in [0.15, 0.2) is 0 Å². The van der Waals surface area contributed by atoms with Crippen LogP contribution < -0.4 is 11.1 Å². The molecule has 0 spiro atoms. The fourth-order valence-electron chi connectivity index (χ4n) is 1.59. The summed E-state index contributed by atoms with van der Waals surface area (Å²) in [6, 6.07) is -0.716. The number of ether oxygens (including phenoxy) is 1. The number of carbonyl (C=O) groups excluding carboxylic acids is 1. The topological polar surface area (TPSA) is 84.6 Å². The molecule has 1 rings (SSSR count). The minimum Gasteiger partial charge on any atom is -0.385 e. The van der Waals surface area contributed by atoms with Crippen molar-refractivity contribution < 1.29 is 14.6 Å². The molecule has 1 amide bonds. The third-order valence-corrected chi connectivity index (χ3v) is 2.90. The van der Waals surface area contributed by atoms with E-state index in [1.165, 1.54) is 0 Å². The number of aliphatic hydroxyl groups is 1. The lowest BCUT2D eigenvalue weighted by atomic mass is 9.96. The SMILES string of the molecule is C#CCC(N)C(=O)NCC1(O)CCOC1C. The maximum Gasteiger partial charge on any atom is 0.238 e. The van der Waals surface area contributed by atoms with Gasteiger partial charge in [-0.2, -0.15) is 0 Å². The highest BCUT2D eigenvalue weighted by atomic mass is 16.5. The van der Waals surface area contributed by atoms with Gasteiger partial charge in [0.1, 0.15) is 5.60 Å². The summed E-state index contributed by atoms with van der Waals surface area (Å²) < 4.78 is 5.24. The lowest BCUT2D eigenvalue weighted by molar-refractivity contribution is -0.124. The van der Waals surface area contributed by atoms with Gasteiger partial charge in [-0.3, -0.25) is 4.79 Å². The largest absolute Gasteiger partial charge is 0.385 e. The number of carbonyl (C=O) groups is 1. The molecule has 1 saturated heterocycles. The van der Waals surface area contributed by atoms with Gasteiger partial charge in [-0.05, 0) is 6.92 Å². The van der Waals surface area contributed by atoms with Crippen molar-refractivity contribution in [3.05, 3.63) is 0 Å². The Labute approximate surface area is 95.3 Å². The van der Waals surface area contributed by atoms with Gasteiger partial charge in [0.2, 0.25) is 5.91 Å². The Kier molecular flexibility index (Phi) is 4.30. The van der Waals surface area contributed by atoms with Gasteiger partial charge < -0.3 is 20.9 Å². The molecule has 4 N–H and O–H groups in total. The van der Waals surface area contributed by atoms with Crippen LogP contribution in [0.1, 0.15) is 19.8 Å². The van der Waals surface area contributed by atoms with Crippen LogP contribution in [-0.2, 0) is 9.53 Å². The Morgan fingerprint density at radius 1 is 1.88 bits per heavy atom. The van der Waals surface area contributed by atoms with Gasteiger partial charge in [0.25, 0.3) is 0 Å². The molecule has 5 heteroatoms. The third-order valence-electron chi connectivity index (χ3n) is 2.90. The van der Waals surface area contributed by atoms with Gasteiger partial charge >= 0.3 is 0 Å². The summed E-state index contributed by atoms with van der Waals surface area (Å²) in [5.74, 6) is 1.98. The molecular formula is C11H18N2O3. The van der Waals surface area contributed by atoms with E-state index < -0.39 is 11.6 Å². The first-order valence-corrected chi connectivity index (χ1v) is 5.30. The molecule has 90 valence electrons. The standard InChI is InChI=1S/C11H18N2O3/c1-3-4-9(12)10(14)13-7-11(15)5-6-16-8(11)2/h1,8-9,15H,4-7,12H2,2H3,(H,13,14). The van der Waals surface area contributed by atoms with Gasteiger partial charge in [0.05, 0.1) is 12.1 Å². The Morgan fingerprint density at radius 3 is 3.06 bits per heavy atom. The average Bonchev–Trinajstić information content (AvgIpc) is 2.57. The monoisotopic (exact) mass is 226 g/mol. The smallest absolute Gasteiger partial charge is 0.238 e. The lowest BCUT2D eigenvalue weighted by Gasteiger charge is -2.26. The summed E-state index contributed by atoms with van der Waals surface area (Å²) in [5, 5.41) is 12.7. The van der Waals surface area contributed by atoms with Gasteiger partial charge in [-0.15, -0.1) is 12.3 Å². The fourth-order valence-corrected chi connectivity index (χ4v) is 1.59. The van der Waals surface area contributed by atoms with Crippen LogP contribution in [0, 0.1) is 12.3 Å². The van der Waals surface area contributed by atoms with Crippen molar-refractivity contribution in [2.45, 2.75) is 37.5 Å². The second-order valence-corrected chi connectivity index (χ2v) is 4.10. The Balaban J connectivity index is 2.40. The fraction of sp³-hybridized carbons (Fsp3) is 0.727. The molecule has 1 fully saturated rings. The minimum absolute atomic E-state index is 0.144. The van der Waals surface area contributed by atoms with E-state index in [4.69, 9.17) is 16.9 Å². The van der Waals surface area contributed by atoms with Gasteiger partial charge in [-0.25, -0.2) is 0 Å². The molecule has 0 bridgehead atoms. The Morgan fingerprint density at radius 2 is 2.56 bits per heavy atom. The van der Waals surface area contributed by atoms with E-state index in [9.17, 15) is 9.90 Å². The van der Waals surface area contributed by atoms with Crippen LogP contribution in [0.4, 0.5) is 0 Å². The number of nitrogens with two attached hydrogens (primary N) is 1.